The van der Waals surface area contributed by atoms with Crippen molar-refractivity contribution >= 4 is 54.9 Å². The molecular formula is C2H3BaCuF3GdO2. The van der Waals surface area contributed by atoms with Gasteiger partial charge in [0.1, 0.15) is 0 Å². The number of halogens is 3. The van der Waals surface area contributed by atoms with Gasteiger partial charge in [0.15, 0.2) is 0 Å². The SMILES string of the molecule is O=C(O)C(F)(F)F.[Ba+2].[Cu].[Gd].[H-].[H-]. The smallest absolute Gasteiger partial charge is 1.00 e. The molecular weight excluding hydrogens is 471 g/mol. The van der Waals surface area contributed by atoms with Crippen LogP contribution in [0.15, 0.2) is 0 Å². The standard InChI is InChI=1S/C2HF3O2.Ba.Cu.Gd.2H/c3-2(4,5)1(6)7;;;;;/h(H,6,7);;;;;/q;+2;;;2*-1. The van der Waals surface area contributed by atoms with E-state index in [1.54, 1.807) is 0 Å². The molecule has 0 saturated heterocycles. The van der Waals surface area contributed by atoms with Crippen molar-refractivity contribution in [3.05, 3.63) is 0 Å². The van der Waals surface area contributed by atoms with Crippen molar-refractivity contribution in [3.63, 3.8) is 0 Å². The summed E-state index contributed by atoms with van der Waals surface area (Å²) in [4.78, 5) is 8.90. The van der Waals surface area contributed by atoms with Gasteiger partial charge in [0.2, 0.25) is 0 Å². The largest absolute Gasteiger partial charge is 2.00 e. The molecule has 8 heteroatoms. The minimum Gasteiger partial charge on any atom is -1.00 e. The Morgan fingerprint density at radius 1 is 1.40 bits per heavy atom. The predicted octanol–water partition coefficient (Wildman–Crippen LogP) is 0.475. The quantitative estimate of drug-likeness (QED) is 0.519. The van der Waals surface area contributed by atoms with Gasteiger partial charge in [-0.3, -0.25) is 0 Å². The molecule has 0 rings (SSSR count). The van der Waals surface area contributed by atoms with E-state index in [4.69, 9.17) is 9.90 Å². The number of carboxylic acid groups (broad SMARTS) is 1. The third kappa shape index (κ3) is 13.3. The Morgan fingerprint density at radius 2 is 1.50 bits per heavy atom. The second kappa shape index (κ2) is 9.76. The summed E-state index contributed by atoms with van der Waals surface area (Å²) >= 11 is 0. The molecule has 0 unspecified atom stereocenters. The van der Waals surface area contributed by atoms with Gasteiger partial charge < -0.3 is 7.96 Å². The first kappa shape index (κ1) is 23.0. The summed E-state index contributed by atoms with van der Waals surface area (Å²) in [6.45, 7) is 0. The Balaban J connectivity index is -0.0000000180. The predicted molar refractivity (Wildman–Crippen MR) is 21.7 cm³/mol. The second-order valence-electron chi connectivity index (χ2n) is 0.803. The van der Waals surface area contributed by atoms with Gasteiger partial charge in [-0.2, -0.15) is 13.2 Å². The van der Waals surface area contributed by atoms with Gasteiger partial charge in [-0.15, -0.1) is 0 Å². The average Bonchev–Trinajstić information content (AvgIpc) is 1.31. The molecule has 0 aliphatic heterocycles. The molecule has 2 nitrogen and oxygen atoms in total. The molecule has 65 valence electrons. The van der Waals surface area contributed by atoms with Gasteiger partial charge in [0.25, 0.3) is 0 Å². The number of carboxylic acids is 1. The van der Waals surface area contributed by atoms with E-state index in [9.17, 15) is 13.2 Å². The molecule has 10 heavy (non-hydrogen) atoms. The van der Waals surface area contributed by atoms with Crippen molar-refractivity contribution in [1.82, 2.24) is 0 Å². The maximum absolute atomic E-state index is 10.6. The summed E-state index contributed by atoms with van der Waals surface area (Å²) in [5, 5.41) is 7.12. The molecule has 0 bridgehead atoms. The molecule has 0 aliphatic rings. The Bertz CT molecular complexity index is 105. The Morgan fingerprint density at radius 3 is 1.50 bits per heavy atom. The Labute approximate surface area is 141 Å². The number of rotatable bonds is 0. The van der Waals surface area contributed by atoms with Crippen LogP contribution in [0.25, 0.3) is 0 Å². The first-order valence-corrected chi connectivity index (χ1v) is 1.24. The summed E-state index contributed by atoms with van der Waals surface area (Å²) < 4.78 is 31.7. The summed E-state index contributed by atoms with van der Waals surface area (Å²) in [5.41, 5.74) is 0. The van der Waals surface area contributed by atoms with Crippen molar-refractivity contribution in [2.45, 2.75) is 6.18 Å². The van der Waals surface area contributed by atoms with E-state index in [2.05, 4.69) is 0 Å². The molecule has 0 saturated carbocycles. The molecule has 0 aliphatic carbocycles. The van der Waals surface area contributed by atoms with Gasteiger partial charge in [0.05, 0.1) is 0 Å². The van der Waals surface area contributed by atoms with Gasteiger partial charge >= 0.3 is 61.0 Å². The molecule has 0 aromatic rings. The molecule has 0 spiro atoms. The number of aliphatic carboxylic acids is 1. The molecule has 0 atom stereocenters. The normalized spacial score (nSPS) is 7.90. The van der Waals surface area contributed by atoms with E-state index in [-0.39, 0.29) is 109 Å². The van der Waals surface area contributed by atoms with Gasteiger partial charge in [-0.1, -0.05) is 0 Å². The zero-order chi connectivity index (χ0) is 6.08. The van der Waals surface area contributed by atoms with E-state index < -0.39 is 12.1 Å². The van der Waals surface area contributed by atoms with Crippen LogP contribution in [0.3, 0.4) is 0 Å². The summed E-state index contributed by atoms with van der Waals surface area (Å²) in [5.74, 6) is -2.76. The van der Waals surface area contributed by atoms with Crippen LogP contribution in [0.2, 0.25) is 0 Å². The molecule has 0 aromatic heterocycles. The minimum absolute atomic E-state index is 0. The molecule has 0 amide bonds. The first-order valence-electron chi connectivity index (χ1n) is 1.24. The van der Waals surface area contributed by atoms with Crippen LogP contribution in [-0.2, 0) is 21.9 Å². The van der Waals surface area contributed by atoms with E-state index in [1.807, 2.05) is 0 Å². The third-order valence-electron chi connectivity index (χ3n) is 0.243. The first-order chi connectivity index (χ1) is 2.94. The van der Waals surface area contributed by atoms with Crippen molar-refractivity contribution in [1.29, 1.82) is 0 Å². The fourth-order valence-corrected chi connectivity index (χ4v) is 0. The summed E-state index contributed by atoms with van der Waals surface area (Å²) in [6.07, 6.45) is -5.08. The fraction of sp³-hybridized carbons (Fsp3) is 0.500. The monoisotopic (exact) mass is 475 g/mol. The third-order valence-corrected chi connectivity index (χ3v) is 0.243. The molecule has 0 aromatic carbocycles. The molecule has 0 heterocycles. The minimum atomic E-state index is -5.08. The number of carbonyl (C=O) groups is 1. The van der Waals surface area contributed by atoms with E-state index in [0.717, 1.165) is 0 Å². The maximum atomic E-state index is 10.6. The van der Waals surface area contributed by atoms with Crippen LogP contribution in [0.1, 0.15) is 2.85 Å². The fourth-order valence-electron chi connectivity index (χ4n) is 0. The van der Waals surface area contributed by atoms with Crippen LogP contribution < -0.4 is 0 Å². The van der Waals surface area contributed by atoms with Crippen molar-refractivity contribution < 1.29 is 82.9 Å². The molecule has 1 radical (unpaired) electrons. The van der Waals surface area contributed by atoms with Gasteiger partial charge in [-0.25, -0.2) is 4.79 Å². The van der Waals surface area contributed by atoms with Gasteiger partial charge in [-0.05, 0) is 0 Å². The van der Waals surface area contributed by atoms with Crippen molar-refractivity contribution in [2.75, 3.05) is 0 Å². The van der Waals surface area contributed by atoms with E-state index in [0.29, 0.717) is 0 Å². The second-order valence-corrected chi connectivity index (χ2v) is 0.803. The maximum Gasteiger partial charge on any atom is 2.00 e. The van der Waals surface area contributed by atoms with Crippen molar-refractivity contribution in [3.8, 4) is 0 Å². The molecule has 0 fully saturated rings. The summed E-state index contributed by atoms with van der Waals surface area (Å²) in [7, 11) is 0. The topological polar surface area (TPSA) is 37.3 Å². The van der Waals surface area contributed by atoms with Crippen LogP contribution >= 0.6 is 0 Å². The van der Waals surface area contributed by atoms with E-state index >= 15 is 0 Å². The van der Waals surface area contributed by atoms with Gasteiger partial charge in [0, 0.05) is 57.0 Å². The van der Waals surface area contributed by atoms with Crippen LogP contribution in [-0.4, -0.2) is 66.1 Å². The van der Waals surface area contributed by atoms with Crippen molar-refractivity contribution in [2.24, 2.45) is 0 Å². The van der Waals surface area contributed by atoms with Crippen LogP contribution in [0, 0.1) is 39.9 Å². The number of alkyl halides is 3. The molecule has 1 N–H and O–H groups in total. The zero-order valence-corrected chi connectivity index (χ0v) is 12.0. The average molecular weight is 474 g/mol. The summed E-state index contributed by atoms with van der Waals surface area (Å²) in [6, 6.07) is 0. The number of hydrogen-bond donors (Lipinski definition) is 1. The van der Waals surface area contributed by atoms with E-state index in [1.165, 1.54) is 0 Å². The zero-order valence-electron chi connectivity index (χ0n) is 6.35. The number of hydrogen-bond acceptors (Lipinski definition) is 1. The van der Waals surface area contributed by atoms with Crippen LogP contribution in [0.4, 0.5) is 13.2 Å². The Kier molecular flexibility index (Phi) is 22.4. The van der Waals surface area contributed by atoms with Crippen LogP contribution in [0.5, 0.6) is 0 Å². The Hall–Kier alpha value is 2.68.